The van der Waals surface area contributed by atoms with E-state index in [4.69, 9.17) is 0 Å². The standard InChI is InChI=1S/C14H19NO/c1-3-4-6-11-14(16)15-12(2)13-9-7-5-8-10-13/h5-12H,3-4H2,1-2H3,(H,15,16)/b11-6+. The molecular weight excluding hydrogens is 198 g/mol. The molecule has 86 valence electrons. The van der Waals surface area contributed by atoms with Crippen LogP contribution in [-0.4, -0.2) is 5.91 Å². The van der Waals surface area contributed by atoms with Crippen LogP contribution in [0.4, 0.5) is 0 Å². The lowest BCUT2D eigenvalue weighted by Gasteiger charge is -2.12. The Kier molecular flexibility index (Phi) is 5.34. The third kappa shape index (κ3) is 4.30. The molecule has 0 saturated carbocycles. The maximum atomic E-state index is 11.5. The van der Waals surface area contributed by atoms with Gasteiger partial charge in [-0.1, -0.05) is 49.8 Å². The number of allylic oxidation sites excluding steroid dienone is 1. The number of hydrogen-bond acceptors (Lipinski definition) is 1. The number of hydrogen-bond donors (Lipinski definition) is 1. The fraction of sp³-hybridized carbons (Fsp3) is 0.357. The van der Waals surface area contributed by atoms with Gasteiger partial charge in [-0.3, -0.25) is 4.79 Å². The van der Waals surface area contributed by atoms with Crippen LogP contribution >= 0.6 is 0 Å². The van der Waals surface area contributed by atoms with Crippen molar-refractivity contribution >= 4 is 5.91 Å². The first-order valence-electron chi connectivity index (χ1n) is 5.76. The molecule has 0 aliphatic carbocycles. The lowest BCUT2D eigenvalue weighted by atomic mass is 10.1. The number of rotatable bonds is 5. The molecule has 0 fully saturated rings. The Morgan fingerprint density at radius 3 is 2.69 bits per heavy atom. The Balaban J connectivity index is 2.46. The first-order chi connectivity index (χ1) is 7.74. The van der Waals surface area contributed by atoms with Crippen molar-refractivity contribution in [1.82, 2.24) is 5.32 Å². The Labute approximate surface area is 97.4 Å². The van der Waals surface area contributed by atoms with Gasteiger partial charge in [-0.2, -0.15) is 0 Å². The van der Waals surface area contributed by atoms with E-state index in [9.17, 15) is 4.79 Å². The van der Waals surface area contributed by atoms with Crippen molar-refractivity contribution < 1.29 is 4.79 Å². The Bertz CT molecular complexity index is 343. The van der Waals surface area contributed by atoms with Gasteiger partial charge in [0.1, 0.15) is 0 Å². The molecule has 1 rings (SSSR count). The van der Waals surface area contributed by atoms with Gasteiger partial charge in [0.15, 0.2) is 0 Å². The maximum Gasteiger partial charge on any atom is 0.244 e. The average molecular weight is 217 g/mol. The summed E-state index contributed by atoms with van der Waals surface area (Å²) in [6.45, 7) is 4.08. The fourth-order valence-electron chi connectivity index (χ4n) is 1.44. The number of unbranched alkanes of at least 4 members (excludes halogenated alkanes) is 1. The third-order valence-corrected chi connectivity index (χ3v) is 2.38. The van der Waals surface area contributed by atoms with Crippen LogP contribution in [0, 0.1) is 0 Å². The van der Waals surface area contributed by atoms with E-state index >= 15 is 0 Å². The van der Waals surface area contributed by atoms with E-state index in [-0.39, 0.29) is 11.9 Å². The van der Waals surface area contributed by atoms with E-state index < -0.39 is 0 Å². The van der Waals surface area contributed by atoms with Gasteiger partial charge >= 0.3 is 0 Å². The van der Waals surface area contributed by atoms with Crippen LogP contribution in [0.15, 0.2) is 42.5 Å². The van der Waals surface area contributed by atoms with Gasteiger partial charge in [0, 0.05) is 0 Å². The summed E-state index contributed by atoms with van der Waals surface area (Å²) in [5, 5.41) is 2.93. The van der Waals surface area contributed by atoms with Gasteiger partial charge in [-0.05, 0) is 25.0 Å². The minimum Gasteiger partial charge on any atom is -0.346 e. The highest BCUT2D eigenvalue weighted by atomic mass is 16.1. The predicted molar refractivity (Wildman–Crippen MR) is 67.0 cm³/mol. The summed E-state index contributed by atoms with van der Waals surface area (Å²) in [6.07, 6.45) is 5.54. The molecule has 1 unspecified atom stereocenters. The first-order valence-corrected chi connectivity index (χ1v) is 5.76. The van der Waals surface area contributed by atoms with E-state index in [0.717, 1.165) is 18.4 Å². The van der Waals surface area contributed by atoms with E-state index in [0.29, 0.717) is 0 Å². The molecule has 0 aliphatic rings. The molecule has 0 heterocycles. The van der Waals surface area contributed by atoms with Crippen LogP contribution < -0.4 is 5.32 Å². The highest BCUT2D eigenvalue weighted by molar-refractivity contribution is 5.87. The molecule has 0 spiro atoms. The van der Waals surface area contributed by atoms with Gasteiger partial charge in [0.05, 0.1) is 6.04 Å². The molecule has 1 N–H and O–H groups in total. The van der Waals surface area contributed by atoms with E-state index in [1.807, 2.05) is 43.3 Å². The van der Waals surface area contributed by atoms with Crippen LogP contribution in [0.1, 0.15) is 38.3 Å². The third-order valence-electron chi connectivity index (χ3n) is 2.38. The van der Waals surface area contributed by atoms with E-state index in [1.165, 1.54) is 0 Å². The van der Waals surface area contributed by atoms with Crippen molar-refractivity contribution in [3.05, 3.63) is 48.0 Å². The summed E-state index contributed by atoms with van der Waals surface area (Å²) in [5.74, 6) is -0.0233. The fourth-order valence-corrected chi connectivity index (χ4v) is 1.44. The monoisotopic (exact) mass is 217 g/mol. The molecule has 1 aromatic rings. The van der Waals surface area contributed by atoms with Crippen LogP contribution in [-0.2, 0) is 4.79 Å². The van der Waals surface area contributed by atoms with E-state index in [1.54, 1.807) is 6.08 Å². The summed E-state index contributed by atoms with van der Waals surface area (Å²) >= 11 is 0. The van der Waals surface area contributed by atoms with Crippen molar-refractivity contribution in [2.24, 2.45) is 0 Å². The molecule has 16 heavy (non-hydrogen) atoms. The van der Waals surface area contributed by atoms with Crippen molar-refractivity contribution in [2.45, 2.75) is 32.7 Å². The average Bonchev–Trinajstić information content (AvgIpc) is 2.30. The Morgan fingerprint density at radius 1 is 1.38 bits per heavy atom. The first kappa shape index (κ1) is 12.5. The van der Waals surface area contributed by atoms with Crippen molar-refractivity contribution in [3.63, 3.8) is 0 Å². The SMILES string of the molecule is CCC/C=C/C(=O)NC(C)c1ccccc1. The largest absolute Gasteiger partial charge is 0.346 e. The van der Waals surface area contributed by atoms with Gasteiger partial charge in [-0.15, -0.1) is 0 Å². The highest BCUT2D eigenvalue weighted by Gasteiger charge is 2.05. The maximum absolute atomic E-state index is 11.5. The molecule has 0 aliphatic heterocycles. The summed E-state index contributed by atoms with van der Waals surface area (Å²) in [5.41, 5.74) is 1.12. The second-order valence-corrected chi connectivity index (χ2v) is 3.83. The molecule has 0 saturated heterocycles. The summed E-state index contributed by atoms with van der Waals surface area (Å²) in [7, 11) is 0. The van der Waals surface area contributed by atoms with Crippen molar-refractivity contribution in [3.8, 4) is 0 Å². The van der Waals surface area contributed by atoms with Crippen molar-refractivity contribution in [2.75, 3.05) is 0 Å². The predicted octanol–water partition coefficient (Wildman–Crippen LogP) is 3.22. The molecule has 0 aromatic heterocycles. The minimum atomic E-state index is -0.0233. The number of carbonyl (C=O) groups excluding carboxylic acids is 1. The molecule has 1 amide bonds. The van der Waals surface area contributed by atoms with Gasteiger partial charge in [0.2, 0.25) is 5.91 Å². The van der Waals surface area contributed by atoms with Gasteiger partial charge < -0.3 is 5.32 Å². The second kappa shape index (κ2) is 6.83. The van der Waals surface area contributed by atoms with Gasteiger partial charge in [-0.25, -0.2) is 0 Å². The number of amides is 1. The van der Waals surface area contributed by atoms with E-state index in [2.05, 4.69) is 12.2 Å². The Morgan fingerprint density at radius 2 is 2.06 bits per heavy atom. The number of carbonyl (C=O) groups is 1. The normalized spacial score (nSPS) is 12.6. The summed E-state index contributed by atoms with van der Waals surface area (Å²) in [6, 6.07) is 10.0. The second-order valence-electron chi connectivity index (χ2n) is 3.83. The van der Waals surface area contributed by atoms with Crippen molar-refractivity contribution in [1.29, 1.82) is 0 Å². The topological polar surface area (TPSA) is 29.1 Å². The molecule has 2 nitrogen and oxygen atoms in total. The zero-order valence-corrected chi connectivity index (χ0v) is 9.94. The van der Waals surface area contributed by atoms with Crippen LogP contribution in [0.3, 0.4) is 0 Å². The lowest BCUT2D eigenvalue weighted by molar-refractivity contribution is -0.117. The van der Waals surface area contributed by atoms with Gasteiger partial charge in [0.25, 0.3) is 0 Å². The number of benzene rings is 1. The molecule has 1 aromatic carbocycles. The molecule has 0 radical (unpaired) electrons. The zero-order chi connectivity index (χ0) is 11.8. The minimum absolute atomic E-state index is 0.0233. The van der Waals surface area contributed by atoms with Crippen LogP contribution in [0.2, 0.25) is 0 Å². The quantitative estimate of drug-likeness (QED) is 0.754. The molecular formula is C14H19NO. The zero-order valence-electron chi connectivity index (χ0n) is 9.94. The molecule has 0 bridgehead atoms. The Hall–Kier alpha value is -1.57. The van der Waals surface area contributed by atoms with Crippen LogP contribution in [0.5, 0.6) is 0 Å². The number of nitrogens with one attached hydrogen (secondary N) is 1. The van der Waals surface area contributed by atoms with Crippen LogP contribution in [0.25, 0.3) is 0 Å². The molecule has 1 atom stereocenters. The highest BCUT2D eigenvalue weighted by Crippen LogP contribution is 2.10. The molecule has 2 heteroatoms. The summed E-state index contributed by atoms with van der Waals surface area (Å²) < 4.78 is 0. The summed E-state index contributed by atoms with van der Waals surface area (Å²) in [4.78, 5) is 11.5. The smallest absolute Gasteiger partial charge is 0.244 e. The lowest BCUT2D eigenvalue weighted by Crippen LogP contribution is -2.24.